The van der Waals surface area contributed by atoms with Crippen LogP contribution in [0.1, 0.15) is 264 Å². The molecule has 0 heterocycles. The molecule has 10 heteroatoms. The van der Waals surface area contributed by atoms with Gasteiger partial charge in [-0.15, -0.1) is 0 Å². The van der Waals surface area contributed by atoms with Crippen LogP contribution in [-0.2, 0) is 32.7 Å². The van der Waals surface area contributed by atoms with Crippen LogP contribution in [0.15, 0.2) is 12.2 Å². The van der Waals surface area contributed by atoms with Gasteiger partial charge in [0.1, 0.15) is 6.61 Å². The molecule has 3 N–H and O–H groups in total. The number of ether oxygens (including phenoxy) is 2. The fraction of sp³-hybridized carbons (Fsp3) is 0.920. The van der Waals surface area contributed by atoms with Gasteiger partial charge in [-0.3, -0.25) is 18.6 Å². The maximum atomic E-state index is 12.6. The summed E-state index contributed by atoms with van der Waals surface area (Å²) in [6.45, 7) is 3.79. The van der Waals surface area contributed by atoms with Crippen molar-refractivity contribution in [2.45, 2.75) is 270 Å². The standard InChI is InChI=1S/C50H98NO8P/c1-3-5-7-9-11-13-15-17-19-21-23-24-25-27-29-31-33-35-37-39-41-43-50(53)59-48(47-58-60(54,55)57-45-44-51)46-56-49(52)42-40-38-36-34-32-30-28-26-22-20-18-16-14-12-10-8-6-4-2/h17,19,48H,3-16,18,20-47,51H2,1-2H3,(H,54,55)/b19-17+/t48-/m1/s1. The third-order valence-electron chi connectivity index (χ3n) is 11.4. The van der Waals surface area contributed by atoms with E-state index in [1.54, 1.807) is 0 Å². The van der Waals surface area contributed by atoms with Gasteiger partial charge in [0.25, 0.3) is 0 Å². The molecule has 0 aromatic heterocycles. The molecule has 0 rings (SSSR count). The maximum Gasteiger partial charge on any atom is 0.472 e. The molecule has 60 heavy (non-hydrogen) atoms. The van der Waals surface area contributed by atoms with E-state index in [0.717, 1.165) is 32.1 Å². The summed E-state index contributed by atoms with van der Waals surface area (Å²) >= 11 is 0. The number of carbonyl (C=O) groups is 2. The lowest BCUT2D eigenvalue weighted by molar-refractivity contribution is -0.161. The van der Waals surface area contributed by atoms with Crippen LogP contribution in [0.25, 0.3) is 0 Å². The van der Waals surface area contributed by atoms with Gasteiger partial charge in [-0.1, -0.05) is 225 Å². The number of phosphoric ester groups is 1. The maximum absolute atomic E-state index is 12.6. The van der Waals surface area contributed by atoms with Crippen LogP contribution in [0.2, 0.25) is 0 Å². The number of unbranched alkanes of at least 4 members (excludes halogenated alkanes) is 34. The van der Waals surface area contributed by atoms with Crippen molar-refractivity contribution in [2.75, 3.05) is 26.4 Å². The van der Waals surface area contributed by atoms with Crippen LogP contribution < -0.4 is 5.73 Å². The fourth-order valence-electron chi connectivity index (χ4n) is 7.57. The molecule has 0 saturated carbocycles. The quantitative estimate of drug-likeness (QED) is 0.0265. The Labute approximate surface area is 370 Å². The van der Waals surface area contributed by atoms with Crippen molar-refractivity contribution >= 4 is 19.8 Å². The largest absolute Gasteiger partial charge is 0.472 e. The highest BCUT2D eigenvalue weighted by Gasteiger charge is 2.26. The van der Waals surface area contributed by atoms with E-state index in [0.29, 0.717) is 6.42 Å². The zero-order chi connectivity index (χ0) is 43.9. The van der Waals surface area contributed by atoms with Crippen molar-refractivity contribution in [1.29, 1.82) is 0 Å². The molecule has 0 aromatic carbocycles. The molecule has 0 aromatic rings. The highest BCUT2D eigenvalue weighted by Crippen LogP contribution is 2.43. The minimum atomic E-state index is -4.38. The molecule has 0 aliphatic carbocycles. The molecule has 0 fully saturated rings. The number of allylic oxidation sites excluding steroid dienone is 2. The van der Waals surface area contributed by atoms with Crippen LogP contribution >= 0.6 is 7.82 Å². The molecule has 0 radical (unpaired) electrons. The normalized spacial score (nSPS) is 13.2. The van der Waals surface area contributed by atoms with Crippen LogP contribution in [0, 0.1) is 0 Å². The van der Waals surface area contributed by atoms with Gasteiger partial charge in [-0.05, 0) is 38.5 Å². The first-order chi connectivity index (χ1) is 29.3. The number of rotatable bonds is 49. The first kappa shape index (κ1) is 58.8. The zero-order valence-corrected chi connectivity index (χ0v) is 40.4. The van der Waals surface area contributed by atoms with Gasteiger partial charge in [0.15, 0.2) is 6.10 Å². The number of phosphoric acid groups is 1. The zero-order valence-electron chi connectivity index (χ0n) is 39.5. The fourth-order valence-corrected chi connectivity index (χ4v) is 8.34. The Morgan fingerprint density at radius 2 is 0.817 bits per heavy atom. The third-order valence-corrected chi connectivity index (χ3v) is 12.4. The highest BCUT2D eigenvalue weighted by atomic mass is 31.2. The van der Waals surface area contributed by atoms with E-state index in [1.165, 1.54) is 199 Å². The Bertz CT molecular complexity index is 995. The number of esters is 2. The van der Waals surface area contributed by atoms with Crippen molar-refractivity contribution in [3.05, 3.63) is 12.2 Å². The minimum absolute atomic E-state index is 0.0566. The van der Waals surface area contributed by atoms with Gasteiger partial charge < -0.3 is 20.1 Å². The summed E-state index contributed by atoms with van der Waals surface area (Å²) in [6.07, 6.45) is 51.0. The molecule has 356 valence electrons. The lowest BCUT2D eigenvalue weighted by atomic mass is 10.0. The SMILES string of the molecule is CCCCCCCC/C=C/CCCCCCCCCCCCCC(=O)O[C@H](COC(=O)CCCCCCCCCCCCCCCCCCCC)COP(=O)(O)OCCN. The van der Waals surface area contributed by atoms with E-state index >= 15 is 0 Å². The summed E-state index contributed by atoms with van der Waals surface area (Å²) in [4.78, 5) is 35.0. The molecule has 0 bridgehead atoms. The lowest BCUT2D eigenvalue weighted by Gasteiger charge is -2.19. The first-order valence-corrected chi connectivity index (χ1v) is 27.2. The minimum Gasteiger partial charge on any atom is -0.462 e. The van der Waals surface area contributed by atoms with Gasteiger partial charge in [0.2, 0.25) is 0 Å². The monoisotopic (exact) mass is 872 g/mol. The van der Waals surface area contributed by atoms with Crippen LogP contribution in [0.5, 0.6) is 0 Å². The van der Waals surface area contributed by atoms with Gasteiger partial charge in [0.05, 0.1) is 13.2 Å². The van der Waals surface area contributed by atoms with Crippen LogP contribution in [0.3, 0.4) is 0 Å². The van der Waals surface area contributed by atoms with E-state index < -0.39 is 26.5 Å². The van der Waals surface area contributed by atoms with Gasteiger partial charge in [0, 0.05) is 19.4 Å². The third kappa shape index (κ3) is 46.3. The smallest absolute Gasteiger partial charge is 0.462 e. The Kier molecular flexibility index (Phi) is 46.3. The van der Waals surface area contributed by atoms with E-state index in [-0.39, 0.29) is 38.6 Å². The predicted octanol–water partition coefficient (Wildman–Crippen LogP) is 15.3. The number of nitrogens with two attached hydrogens (primary N) is 1. The van der Waals surface area contributed by atoms with Gasteiger partial charge >= 0.3 is 19.8 Å². The second-order valence-electron chi connectivity index (χ2n) is 17.4. The Morgan fingerprint density at radius 1 is 0.483 bits per heavy atom. The molecule has 0 aliphatic heterocycles. The first-order valence-electron chi connectivity index (χ1n) is 25.7. The summed E-state index contributed by atoms with van der Waals surface area (Å²) in [5.74, 6) is -0.812. The predicted molar refractivity (Wildman–Crippen MR) is 252 cm³/mol. The second kappa shape index (κ2) is 47.2. The summed E-state index contributed by atoms with van der Waals surface area (Å²) < 4.78 is 32.9. The average molecular weight is 872 g/mol. The average Bonchev–Trinajstić information content (AvgIpc) is 3.24. The van der Waals surface area contributed by atoms with Crippen LogP contribution in [0.4, 0.5) is 0 Å². The molecule has 1 unspecified atom stereocenters. The van der Waals surface area contributed by atoms with Crippen molar-refractivity contribution in [2.24, 2.45) is 5.73 Å². The summed E-state index contributed by atoms with van der Waals surface area (Å²) in [6, 6.07) is 0. The Hall–Kier alpha value is -1.25. The van der Waals surface area contributed by atoms with E-state index in [1.807, 2.05) is 0 Å². The molecule has 0 amide bonds. The van der Waals surface area contributed by atoms with Crippen LogP contribution in [-0.4, -0.2) is 49.3 Å². The topological polar surface area (TPSA) is 134 Å². The second-order valence-corrected chi connectivity index (χ2v) is 18.9. The van der Waals surface area contributed by atoms with Crippen molar-refractivity contribution < 1.29 is 37.6 Å². The number of hydrogen-bond acceptors (Lipinski definition) is 8. The number of hydrogen-bond donors (Lipinski definition) is 2. The van der Waals surface area contributed by atoms with E-state index in [9.17, 15) is 19.0 Å². The van der Waals surface area contributed by atoms with Gasteiger partial charge in [-0.25, -0.2) is 4.57 Å². The van der Waals surface area contributed by atoms with E-state index in [4.69, 9.17) is 24.3 Å². The lowest BCUT2D eigenvalue weighted by Crippen LogP contribution is -2.29. The molecular formula is C50H98NO8P. The van der Waals surface area contributed by atoms with Crippen molar-refractivity contribution in [3.63, 3.8) is 0 Å². The highest BCUT2D eigenvalue weighted by molar-refractivity contribution is 7.47. The Balaban J connectivity index is 4.01. The molecule has 0 spiro atoms. The van der Waals surface area contributed by atoms with E-state index in [2.05, 4.69) is 26.0 Å². The summed E-state index contributed by atoms with van der Waals surface area (Å²) in [5.41, 5.74) is 5.37. The van der Waals surface area contributed by atoms with Crippen molar-refractivity contribution in [3.8, 4) is 0 Å². The Morgan fingerprint density at radius 3 is 1.18 bits per heavy atom. The summed E-state index contributed by atoms with van der Waals surface area (Å²) in [5, 5.41) is 0. The molecule has 9 nitrogen and oxygen atoms in total. The molecule has 0 saturated heterocycles. The van der Waals surface area contributed by atoms with Crippen molar-refractivity contribution in [1.82, 2.24) is 0 Å². The van der Waals surface area contributed by atoms with Gasteiger partial charge in [-0.2, -0.15) is 0 Å². The molecule has 0 aliphatic rings. The summed E-state index contributed by atoms with van der Waals surface area (Å²) in [7, 11) is -4.38. The number of carbonyl (C=O) groups excluding carboxylic acids is 2. The molecule has 2 atom stereocenters. The molecular weight excluding hydrogens is 774 g/mol.